The van der Waals surface area contributed by atoms with Crippen LogP contribution in [-0.2, 0) is 13.1 Å². The molecular formula is C21H19N3OS. The number of thiazole rings is 1. The average molecular weight is 361 g/mol. The molecule has 130 valence electrons. The van der Waals surface area contributed by atoms with Gasteiger partial charge in [-0.15, -0.1) is 11.3 Å². The largest absolute Gasteiger partial charge is 0.331 e. The lowest BCUT2D eigenvalue weighted by atomic mass is 10.0. The van der Waals surface area contributed by atoms with Gasteiger partial charge in [0.15, 0.2) is 0 Å². The van der Waals surface area contributed by atoms with Gasteiger partial charge in [-0.1, -0.05) is 54.6 Å². The number of hydrogen-bond acceptors (Lipinski definition) is 3. The normalized spacial score (nSPS) is 11.0. The number of benzene rings is 3. The summed E-state index contributed by atoms with van der Waals surface area (Å²) in [6, 6.07) is 22.3. The number of fused-ring (bicyclic) bond motifs is 2. The third kappa shape index (κ3) is 3.39. The molecule has 0 fully saturated rings. The third-order valence-electron chi connectivity index (χ3n) is 4.36. The van der Waals surface area contributed by atoms with Crippen molar-refractivity contribution in [2.24, 2.45) is 0 Å². The van der Waals surface area contributed by atoms with Gasteiger partial charge < -0.3 is 10.2 Å². The van der Waals surface area contributed by atoms with E-state index in [1.807, 2.05) is 49.5 Å². The summed E-state index contributed by atoms with van der Waals surface area (Å²) >= 11 is 1.61. The highest BCUT2D eigenvalue weighted by Gasteiger charge is 2.12. The molecule has 4 aromatic rings. The second-order valence-electron chi connectivity index (χ2n) is 6.23. The molecule has 0 spiro atoms. The van der Waals surface area contributed by atoms with Gasteiger partial charge in [-0.05, 0) is 28.5 Å². The van der Waals surface area contributed by atoms with Crippen molar-refractivity contribution in [1.29, 1.82) is 0 Å². The Hall–Kier alpha value is -2.92. The number of aromatic nitrogens is 1. The maximum absolute atomic E-state index is 12.5. The summed E-state index contributed by atoms with van der Waals surface area (Å²) in [5, 5.41) is 6.25. The van der Waals surface area contributed by atoms with E-state index in [0.717, 1.165) is 20.8 Å². The Morgan fingerprint density at radius 3 is 2.69 bits per heavy atom. The third-order valence-corrected chi connectivity index (χ3v) is 5.40. The quantitative estimate of drug-likeness (QED) is 0.568. The summed E-state index contributed by atoms with van der Waals surface area (Å²) in [4.78, 5) is 18.7. The maximum atomic E-state index is 12.5. The van der Waals surface area contributed by atoms with Gasteiger partial charge in [-0.25, -0.2) is 9.78 Å². The van der Waals surface area contributed by atoms with Gasteiger partial charge in [0.25, 0.3) is 0 Å². The van der Waals surface area contributed by atoms with Gasteiger partial charge in [-0.2, -0.15) is 0 Å². The first kappa shape index (κ1) is 16.5. The molecule has 1 heterocycles. The molecule has 2 amide bonds. The van der Waals surface area contributed by atoms with Crippen LogP contribution in [0.3, 0.4) is 0 Å². The van der Waals surface area contributed by atoms with E-state index in [1.54, 1.807) is 16.2 Å². The summed E-state index contributed by atoms with van der Waals surface area (Å²) in [5.74, 6) is 0. The molecule has 0 aliphatic rings. The maximum Gasteiger partial charge on any atom is 0.317 e. The number of para-hydroxylation sites is 1. The van der Waals surface area contributed by atoms with Crippen molar-refractivity contribution in [1.82, 2.24) is 15.2 Å². The Morgan fingerprint density at radius 1 is 1.04 bits per heavy atom. The van der Waals surface area contributed by atoms with E-state index < -0.39 is 0 Å². The Labute approximate surface area is 156 Å². The van der Waals surface area contributed by atoms with Gasteiger partial charge >= 0.3 is 6.03 Å². The lowest BCUT2D eigenvalue weighted by molar-refractivity contribution is 0.206. The summed E-state index contributed by atoms with van der Waals surface area (Å²) in [6.07, 6.45) is 0. The fraction of sp³-hybridized carbons (Fsp3) is 0.143. The number of urea groups is 1. The van der Waals surface area contributed by atoms with Crippen LogP contribution in [-0.4, -0.2) is 23.0 Å². The second kappa shape index (κ2) is 7.14. The van der Waals surface area contributed by atoms with Crippen molar-refractivity contribution >= 4 is 38.4 Å². The molecule has 0 aliphatic heterocycles. The molecule has 4 nitrogen and oxygen atoms in total. The lowest BCUT2D eigenvalue weighted by Gasteiger charge is -2.18. The predicted molar refractivity (Wildman–Crippen MR) is 107 cm³/mol. The van der Waals surface area contributed by atoms with E-state index in [-0.39, 0.29) is 6.03 Å². The minimum absolute atomic E-state index is 0.0998. The van der Waals surface area contributed by atoms with Crippen molar-refractivity contribution in [3.8, 4) is 0 Å². The summed E-state index contributed by atoms with van der Waals surface area (Å²) < 4.78 is 1.14. The number of carbonyl (C=O) groups excluding carboxylic acids is 1. The highest BCUT2D eigenvalue weighted by Crippen LogP contribution is 2.22. The highest BCUT2D eigenvalue weighted by molar-refractivity contribution is 7.18. The van der Waals surface area contributed by atoms with E-state index in [9.17, 15) is 4.79 Å². The molecule has 0 aliphatic carbocycles. The molecule has 0 bridgehead atoms. The van der Waals surface area contributed by atoms with Gasteiger partial charge in [0.05, 0.1) is 16.8 Å². The molecule has 4 rings (SSSR count). The summed E-state index contributed by atoms with van der Waals surface area (Å²) in [6.45, 7) is 1.01. The van der Waals surface area contributed by atoms with Crippen LogP contribution >= 0.6 is 11.3 Å². The highest BCUT2D eigenvalue weighted by atomic mass is 32.1. The average Bonchev–Trinajstić information content (AvgIpc) is 3.09. The van der Waals surface area contributed by atoms with Crippen LogP contribution in [0.25, 0.3) is 21.0 Å². The summed E-state index contributed by atoms with van der Waals surface area (Å²) in [7, 11) is 1.81. The van der Waals surface area contributed by atoms with Crippen LogP contribution in [0.15, 0.2) is 66.7 Å². The molecule has 0 radical (unpaired) electrons. The van der Waals surface area contributed by atoms with Crippen molar-refractivity contribution in [3.05, 3.63) is 77.3 Å². The molecule has 5 heteroatoms. The van der Waals surface area contributed by atoms with Crippen molar-refractivity contribution < 1.29 is 4.79 Å². The topological polar surface area (TPSA) is 45.2 Å². The van der Waals surface area contributed by atoms with Gasteiger partial charge in [0, 0.05) is 13.6 Å². The smallest absolute Gasteiger partial charge is 0.317 e. The van der Waals surface area contributed by atoms with E-state index in [0.29, 0.717) is 13.1 Å². The monoisotopic (exact) mass is 361 g/mol. The van der Waals surface area contributed by atoms with Gasteiger partial charge in [-0.3, -0.25) is 0 Å². The van der Waals surface area contributed by atoms with Crippen molar-refractivity contribution in [2.45, 2.75) is 13.1 Å². The zero-order valence-corrected chi connectivity index (χ0v) is 15.3. The van der Waals surface area contributed by atoms with E-state index in [4.69, 9.17) is 0 Å². The molecule has 0 saturated heterocycles. The molecule has 26 heavy (non-hydrogen) atoms. The Morgan fingerprint density at radius 2 is 1.81 bits per heavy atom. The number of rotatable bonds is 4. The Bertz CT molecular complexity index is 1030. The predicted octanol–water partition coefficient (Wildman–Crippen LogP) is 4.79. The fourth-order valence-corrected chi connectivity index (χ4v) is 3.95. The van der Waals surface area contributed by atoms with Crippen LogP contribution < -0.4 is 5.32 Å². The first-order valence-electron chi connectivity index (χ1n) is 8.51. The van der Waals surface area contributed by atoms with Crippen LogP contribution in [0, 0.1) is 0 Å². The second-order valence-corrected chi connectivity index (χ2v) is 7.34. The number of nitrogens with one attached hydrogen (secondary N) is 1. The number of hydrogen-bond donors (Lipinski definition) is 1. The lowest BCUT2D eigenvalue weighted by Crippen LogP contribution is -2.36. The first-order chi connectivity index (χ1) is 12.7. The first-order valence-corrected chi connectivity index (χ1v) is 9.32. The number of amides is 2. The zero-order valence-electron chi connectivity index (χ0n) is 14.5. The number of carbonyl (C=O) groups is 1. The van der Waals surface area contributed by atoms with Crippen LogP contribution in [0.2, 0.25) is 0 Å². The van der Waals surface area contributed by atoms with E-state index in [1.165, 1.54) is 10.8 Å². The van der Waals surface area contributed by atoms with Crippen LogP contribution in [0.1, 0.15) is 10.6 Å². The molecule has 0 saturated carbocycles. The zero-order chi connectivity index (χ0) is 17.9. The molecule has 0 unspecified atom stereocenters. The van der Waals surface area contributed by atoms with Crippen LogP contribution in [0.4, 0.5) is 4.79 Å². The SMILES string of the molecule is CN(Cc1cccc2ccccc12)C(=O)NCc1nc2ccccc2s1. The molecular weight excluding hydrogens is 342 g/mol. The van der Waals surface area contributed by atoms with Gasteiger partial charge in [0.2, 0.25) is 0 Å². The summed E-state index contributed by atoms with van der Waals surface area (Å²) in [5.41, 5.74) is 2.12. The molecule has 0 atom stereocenters. The van der Waals surface area contributed by atoms with E-state index in [2.05, 4.69) is 34.6 Å². The fourth-order valence-electron chi connectivity index (χ4n) is 3.04. The van der Waals surface area contributed by atoms with Crippen LogP contribution in [0.5, 0.6) is 0 Å². The van der Waals surface area contributed by atoms with Crippen molar-refractivity contribution in [2.75, 3.05) is 7.05 Å². The molecule has 1 aromatic heterocycles. The van der Waals surface area contributed by atoms with E-state index >= 15 is 0 Å². The molecule has 1 N–H and O–H groups in total. The standard InChI is InChI=1S/C21H19N3OS/c1-24(14-16-9-6-8-15-7-2-3-10-17(15)16)21(25)22-13-20-23-18-11-4-5-12-19(18)26-20/h2-12H,13-14H2,1H3,(H,22,25). The van der Waals surface area contributed by atoms with Gasteiger partial charge in [0.1, 0.15) is 5.01 Å². The number of nitrogens with zero attached hydrogens (tertiary/aromatic N) is 2. The molecule has 3 aromatic carbocycles. The Balaban J connectivity index is 1.42. The van der Waals surface area contributed by atoms with Crippen molar-refractivity contribution in [3.63, 3.8) is 0 Å². The Kier molecular flexibility index (Phi) is 4.54. The minimum atomic E-state index is -0.0998. The minimum Gasteiger partial charge on any atom is -0.331 e.